The van der Waals surface area contributed by atoms with Crippen molar-refractivity contribution in [3.63, 3.8) is 0 Å². The maximum Gasteiger partial charge on any atom is 0.245 e. The average molecular weight is 474 g/mol. The molecule has 7 nitrogen and oxygen atoms in total. The van der Waals surface area contributed by atoms with Crippen molar-refractivity contribution in [1.82, 2.24) is 4.98 Å². The summed E-state index contributed by atoms with van der Waals surface area (Å²) in [7, 11) is -1.17. The van der Waals surface area contributed by atoms with Gasteiger partial charge in [-0.25, -0.2) is 18.3 Å². The number of pyridine rings is 1. The van der Waals surface area contributed by atoms with Crippen LogP contribution in [0.25, 0.3) is 0 Å². The number of likely N-dealkylation sites (N-methyl/N-ethyl adjacent to an activating group) is 1. The van der Waals surface area contributed by atoms with Crippen molar-refractivity contribution in [2.45, 2.75) is 29.1 Å². The highest BCUT2D eigenvalue weighted by Gasteiger charge is 2.33. The van der Waals surface area contributed by atoms with Gasteiger partial charge < -0.3 is 21.4 Å². The fraction of sp³-hybridized carbons (Fsp3) is 0.450. The summed E-state index contributed by atoms with van der Waals surface area (Å²) >= 11 is 1.86. The van der Waals surface area contributed by atoms with Crippen LogP contribution in [0.1, 0.15) is 19.3 Å². The topological polar surface area (TPSA) is 83.8 Å². The highest BCUT2D eigenvalue weighted by atomic mass is 35.5. The number of rotatable bonds is 4. The van der Waals surface area contributed by atoms with E-state index in [-0.39, 0.29) is 12.4 Å². The molecule has 1 aromatic carbocycles. The smallest absolute Gasteiger partial charge is 0.245 e. The summed E-state index contributed by atoms with van der Waals surface area (Å²) in [5.41, 5.74) is 1.40. The molecule has 3 heterocycles. The van der Waals surface area contributed by atoms with Crippen molar-refractivity contribution in [2.75, 3.05) is 40.3 Å². The molecule has 2 aliphatic rings. The first-order valence-electron chi connectivity index (χ1n) is 9.75. The van der Waals surface area contributed by atoms with E-state index in [1.54, 1.807) is 0 Å². The van der Waals surface area contributed by atoms with Crippen LogP contribution >= 0.6 is 11.8 Å². The number of benzene rings is 1. The summed E-state index contributed by atoms with van der Waals surface area (Å²) < 4.78 is 32.2. The number of nitrogens with one attached hydrogen (secondary N) is 1. The van der Waals surface area contributed by atoms with E-state index in [4.69, 9.17) is 4.98 Å². The largest absolute Gasteiger partial charge is 1.00 e. The van der Waals surface area contributed by atoms with Crippen molar-refractivity contribution >= 4 is 33.7 Å². The molecule has 0 bridgehead atoms. The number of aromatic nitrogens is 1. The first-order chi connectivity index (χ1) is 13.8. The zero-order valence-corrected chi connectivity index (χ0v) is 19.6. The molecule has 4 rings (SSSR count). The minimum Gasteiger partial charge on any atom is -1.00 e. The third kappa shape index (κ3) is 6.65. The summed E-state index contributed by atoms with van der Waals surface area (Å²) in [6, 6.07) is 13.1. The second-order valence-corrected chi connectivity index (χ2v) is 9.84. The number of hydrogen-bond donors (Lipinski definition) is 1. The fourth-order valence-electron chi connectivity index (χ4n) is 3.88. The summed E-state index contributed by atoms with van der Waals surface area (Å²) in [6.07, 6.45) is 6.11. The van der Waals surface area contributed by atoms with Gasteiger partial charge in [0.05, 0.1) is 37.0 Å². The molecule has 1 atom stereocenters. The molecule has 1 N–H and O–H groups in total. The van der Waals surface area contributed by atoms with Crippen LogP contribution in [0.4, 0.5) is 11.5 Å². The van der Waals surface area contributed by atoms with Crippen LogP contribution in [0.2, 0.25) is 0 Å². The molecular weight excluding hydrogens is 446 g/mol. The Morgan fingerprint density at radius 3 is 2.43 bits per heavy atom. The highest BCUT2D eigenvalue weighted by Crippen LogP contribution is 2.38. The second kappa shape index (κ2) is 10.9. The van der Waals surface area contributed by atoms with Gasteiger partial charge >= 0.3 is 0 Å². The van der Waals surface area contributed by atoms with Gasteiger partial charge in [-0.2, -0.15) is 0 Å². The van der Waals surface area contributed by atoms with Crippen molar-refractivity contribution < 1.29 is 38.9 Å². The Kier molecular flexibility index (Phi) is 9.11. The molecule has 0 saturated carbocycles. The predicted molar refractivity (Wildman–Crippen MR) is 111 cm³/mol. The molecule has 1 saturated heterocycles. The highest BCUT2D eigenvalue weighted by molar-refractivity contribution is 7.99. The molecule has 1 aromatic heterocycles. The summed E-state index contributed by atoms with van der Waals surface area (Å²) in [6.45, 7) is 5.01. The van der Waals surface area contributed by atoms with Gasteiger partial charge in [0.1, 0.15) is 13.1 Å². The molecule has 2 aromatic rings. The lowest BCUT2D eigenvalue weighted by Crippen LogP contribution is -3.04. The molecular formula is C20H28ClN3O4S2. The fourth-order valence-corrected chi connectivity index (χ4v) is 4.99. The number of halogens is 1. The van der Waals surface area contributed by atoms with Crippen LogP contribution < -0.4 is 17.3 Å². The van der Waals surface area contributed by atoms with Gasteiger partial charge in [-0.3, -0.25) is 4.18 Å². The zero-order chi connectivity index (χ0) is 20.9. The van der Waals surface area contributed by atoms with E-state index in [1.807, 2.05) is 18.0 Å². The van der Waals surface area contributed by atoms with Crippen LogP contribution in [0.3, 0.4) is 0 Å². The van der Waals surface area contributed by atoms with E-state index in [1.165, 1.54) is 69.6 Å². The SMILES string of the molecule is COS(=O)(=O)[O-].C[N+]1(CC[NH+]2c3ccccc3Sc3cccnc32)CCCCC1.[Cl-]. The number of likely N-dealkylation sites (tertiary alicyclic amines) is 1. The third-order valence-corrected chi connectivity index (χ3v) is 7.02. The Morgan fingerprint density at radius 1 is 1.13 bits per heavy atom. The first kappa shape index (κ1) is 25.1. The van der Waals surface area contributed by atoms with Gasteiger partial charge in [0.25, 0.3) is 0 Å². The van der Waals surface area contributed by atoms with Gasteiger partial charge in [-0.1, -0.05) is 23.9 Å². The minimum absolute atomic E-state index is 0. The van der Waals surface area contributed by atoms with E-state index < -0.39 is 10.4 Å². The molecule has 30 heavy (non-hydrogen) atoms. The number of fused-ring (bicyclic) bond motifs is 2. The van der Waals surface area contributed by atoms with Crippen LogP contribution in [-0.2, 0) is 14.6 Å². The van der Waals surface area contributed by atoms with Gasteiger partial charge in [0.15, 0.2) is 5.69 Å². The number of para-hydroxylation sites is 1. The summed E-state index contributed by atoms with van der Waals surface area (Å²) in [5.74, 6) is 1.21. The first-order valence-corrected chi connectivity index (χ1v) is 11.9. The summed E-state index contributed by atoms with van der Waals surface area (Å²) in [5, 5.41) is 0. The van der Waals surface area contributed by atoms with Gasteiger partial charge in [-0.15, -0.1) is 0 Å². The average Bonchev–Trinajstić information content (AvgIpc) is 2.71. The number of hydrogen-bond acceptors (Lipinski definition) is 6. The predicted octanol–water partition coefficient (Wildman–Crippen LogP) is -0.878. The van der Waals surface area contributed by atoms with Crippen molar-refractivity contribution in [1.29, 1.82) is 0 Å². The third-order valence-electron chi connectivity index (χ3n) is 5.49. The van der Waals surface area contributed by atoms with E-state index in [0.29, 0.717) is 0 Å². The summed E-state index contributed by atoms with van der Waals surface area (Å²) in [4.78, 5) is 8.85. The Labute approximate surface area is 189 Å². The quantitative estimate of drug-likeness (QED) is 0.353. The van der Waals surface area contributed by atoms with Crippen molar-refractivity contribution in [2.24, 2.45) is 0 Å². The lowest BCUT2D eigenvalue weighted by Gasteiger charge is -2.38. The van der Waals surface area contributed by atoms with Gasteiger partial charge in [-0.05, 0) is 37.5 Å². The zero-order valence-electron chi connectivity index (χ0n) is 17.2. The second-order valence-electron chi connectivity index (χ2n) is 7.60. The monoisotopic (exact) mass is 473 g/mol. The number of nitrogens with zero attached hydrogens (tertiary/aromatic N) is 2. The number of quaternary nitrogens is 2. The van der Waals surface area contributed by atoms with Crippen molar-refractivity contribution in [3.8, 4) is 0 Å². The lowest BCUT2D eigenvalue weighted by molar-refractivity contribution is -0.933. The normalized spacial score (nSPS) is 19.4. The van der Waals surface area contributed by atoms with E-state index >= 15 is 0 Å². The lowest BCUT2D eigenvalue weighted by atomic mass is 10.1. The van der Waals surface area contributed by atoms with Gasteiger partial charge in [0.2, 0.25) is 16.2 Å². The molecule has 0 spiro atoms. The minimum atomic E-state index is -4.41. The van der Waals surface area contributed by atoms with Crippen LogP contribution in [-0.4, -0.2) is 62.8 Å². The van der Waals surface area contributed by atoms with Crippen molar-refractivity contribution in [3.05, 3.63) is 42.6 Å². The van der Waals surface area contributed by atoms with Crippen LogP contribution in [0.15, 0.2) is 52.4 Å². The molecule has 0 aliphatic carbocycles. The molecule has 1 unspecified atom stereocenters. The molecule has 2 aliphatic heterocycles. The Hall–Kier alpha value is -1.20. The molecule has 166 valence electrons. The Morgan fingerprint density at radius 2 is 1.77 bits per heavy atom. The maximum atomic E-state index is 9.22. The number of piperidine rings is 1. The van der Waals surface area contributed by atoms with E-state index in [0.717, 1.165) is 13.7 Å². The molecule has 10 heteroatoms. The maximum absolute atomic E-state index is 9.22. The Balaban J connectivity index is 0.000000405. The van der Waals surface area contributed by atoms with E-state index in [2.05, 4.69) is 47.6 Å². The van der Waals surface area contributed by atoms with E-state index in [9.17, 15) is 13.0 Å². The Bertz CT molecular complexity index is 892. The molecule has 0 radical (unpaired) electrons. The van der Waals surface area contributed by atoms with Crippen LogP contribution in [0, 0.1) is 0 Å². The van der Waals surface area contributed by atoms with Crippen LogP contribution in [0.5, 0.6) is 0 Å². The van der Waals surface area contributed by atoms with Gasteiger partial charge in [0, 0.05) is 12.3 Å². The molecule has 1 fully saturated rings. The standard InChI is InChI=1S/C19H24N3S.CH4O4S.ClH/c1-22(13-5-2-6-14-22)15-12-21-16-8-3-4-9-17(16)23-18-10-7-11-20-19(18)21;1-5-6(2,3)4;/h3-4,7-11H,2,5-6,12-15H2,1H3;1H3,(H,2,3,4);1H/q+1;;/p-1. The molecule has 0 amide bonds.